The van der Waals surface area contributed by atoms with Gasteiger partial charge in [-0.05, 0) is 18.9 Å². The molecule has 20 heavy (non-hydrogen) atoms. The number of benzene rings is 1. The summed E-state index contributed by atoms with van der Waals surface area (Å²) < 4.78 is 5.52. The average molecular weight is 273 g/mol. The quantitative estimate of drug-likeness (QED) is 0.859. The summed E-state index contributed by atoms with van der Waals surface area (Å²) >= 11 is 0. The van der Waals surface area contributed by atoms with Crippen LogP contribution in [-0.2, 0) is 9.57 Å². The van der Waals surface area contributed by atoms with Crippen LogP contribution in [0.5, 0.6) is 0 Å². The lowest BCUT2D eigenvalue weighted by atomic mass is 9.90. The van der Waals surface area contributed by atoms with Crippen molar-refractivity contribution >= 4 is 10.9 Å². The maximum Gasteiger partial charge on any atom is 0.133 e. The Balaban J connectivity index is 1.92. The highest BCUT2D eigenvalue weighted by atomic mass is 16.7. The molecule has 1 saturated heterocycles. The first-order valence-electron chi connectivity index (χ1n) is 6.86. The number of hydrogen-bond acceptors (Lipinski definition) is 5. The third-order valence-corrected chi connectivity index (χ3v) is 3.97. The van der Waals surface area contributed by atoms with Crippen LogP contribution < -0.4 is 0 Å². The van der Waals surface area contributed by atoms with Crippen molar-refractivity contribution in [1.29, 1.82) is 0 Å². The number of piperidine rings is 1. The van der Waals surface area contributed by atoms with E-state index in [1.54, 1.807) is 20.5 Å². The Bertz CT molecular complexity index is 585. The molecule has 2 unspecified atom stereocenters. The summed E-state index contributed by atoms with van der Waals surface area (Å²) in [4.78, 5) is 14.2. The normalized spacial score (nSPS) is 24.1. The molecule has 2 atom stereocenters. The lowest BCUT2D eigenvalue weighted by molar-refractivity contribution is -0.244. The number of hydrogen-bond donors (Lipinski definition) is 0. The highest BCUT2D eigenvalue weighted by Crippen LogP contribution is 2.33. The van der Waals surface area contributed by atoms with Crippen LogP contribution in [0.4, 0.5) is 0 Å². The monoisotopic (exact) mass is 273 g/mol. The van der Waals surface area contributed by atoms with E-state index in [1.165, 1.54) is 0 Å². The minimum Gasteiger partial charge on any atom is -0.364 e. The van der Waals surface area contributed by atoms with E-state index in [2.05, 4.69) is 16.0 Å². The summed E-state index contributed by atoms with van der Waals surface area (Å²) in [6, 6.07) is 8.16. The first kappa shape index (κ1) is 13.4. The number of para-hydroxylation sites is 1. The van der Waals surface area contributed by atoms with E-state index in [0.717, 1.165) is 36.0 Å². The Morgan fingerprint density at radius 1 is 1.20 bits per heavy atom. The number of methoxy groups -OCH3 is 1. The van der Waals surface area contributed by atoms with Gasteiger partial charge in [0, 0.05) is 25.0 Å². The summed E-state index contributed by atoms with van der Waals surface area (Å²) in [5, 5.41) is 3.03. The van der Waals surface area contributed by atoms with E-state index >= 15 is 0 Å². The molecular formula is C15H19N3O2. The third-order valence-electron chi connectivity index (χ3n) is 3.97. The van der Waals surface area contributed by atoms with Gasteiger partial charge in [0.15, 0.2) is 0 Å². The SMILES string of the molecule is COC1CC(c2ncnc3ccccc23)CCN1OC. The van der Waals surface area contributed by atoms with Crippen molar-refractivity contribution in [3.63, 3.8) is 0 Å². The molecule has 0 N–H and O–H groups in total. The topological polar surface area (TPSA) is 47.5 Å². The maximum absolute atomic E-state index is 5.52. The maximum atomic E-state index is 5.52. The highest BCUT2D eigenvalue weighted by Gasteiger charge is 2.31. The van der Waals surface area contributed by atoms with E-state index in [0.29, 0.717) is 5.92 Å². The molecule has 5 heteroatoms. The fraction of sp³-hybridized carbons (Fsp3) is 0.467. The molecule has 0 radical (unpaired) electrons. The van der Waals surface area contributed by atoms with Gasteiger partial charge in [-0.3, -0.25) is 4.84 Å². The fourth-order valence-electron chi connectivity index (χ4n) is 2.93. The molecule has 1 aliphatic heterocycles. The van der Waals surface area contributed by atoms with Gasteiger partial charge in [-0.25, -0.2) is 9.97 Å². The van der Waals surface area contributed by atoms with Crippen molar-refractivity contribution in [2.45, 2.75) is 25.0 Å². The van der Waals surface area contributed by atoms with Crippen molar-refractivity contribution < 1.29 is 9.57 Å². The van der Waals surface area contributed by atoms with Crippen LogP contribution in [0.1, 0.15) is 24.5 Å². The number of hydroxylamine groups is 2. The van der Waals surface area contributed by atoms with E-state index < -0.39 is 0 Å². The van der Waals surface area contributed by atoms with Gasteiger partial charge >= 0.3 is 0 Å². The molecule has 0 aliphatic carbocycles. The molecule has 0 spiro atoms. The average Bonchev–Trinajstić information content (AvgIpc) is 2.53. The van der Waals surface area contributed by atoms with Gasteiger partial charge in [-0.1, -0.05) is 18.2 Å². The smallest absolute Gasteiger partial charge is 0.133 e. The molecule has 2 heterocycles. The summed E-state index contributed by atoms with van der Waals surface area (Å²) in [5.74, 6) is 0.374. The minimum atomic E-state index is -0.0209. The largest absolute Gasteiger partial charge is 0.364 e. The second kappa shape index (κ2) is 5.83. The van der Waals surface area contributed by atoms with Crippen LogP contribution in [0.15, 0.2) is 30.6 Å². The summed E-state index contributed by atoms with van der Waals surface area (Å²) in [7, 11) is 3.41. The second-order valence-electron chi connectivity index (χ2n) is 5.01. The van der Waals surface area contributed by atoms with Gasteiger partial charge in [0.25, 0.3) is 0 Å². The zero-order chi connectivity index (χ0) is 13.9. The van der Waals surface area contributed by atoms with Gasteiger partial charge in [0.1, 0.15) is 12.6 Å². The highest BCUT2D eigenvalue weighted by molar-refractivity contribution is 5.80. The molecule has 1 aromatic heterocycles. The van der Waals surface area contributed by atoms with Gasteiger partial charge < -0.3 is 4.74 Å². The molecule has 1 fully saturated rings. The number of ether oxygens (including phenoxy) is 1. The Morgan fingerprint density at radius 3 is 2.85 bits per heavy atom. The van der Waals surface area contributed by atoms with Crippen LogP contribution in [0.2, 0.25) is 0 Å². The molecule has 0 bridgehead atoms. The summed E-state index contributed by atoms with van der Waals surface area (Å²) in [6.45, 7) is 0.845. The van der Waals surface area contributed by atoms with E-state index in [1.807, 2.05) is 23.3 Å². The summed E-state index contributed by atoms with van der Waals surface area (Å²) in [6.07, 6.45) is 3.52. The van der Waals surface area contributed by atoms with E-state index in [9.17, 15) is 0 Å². The van der Waals surface area contributed by atoms with Crippen LogP contribution in [0.25, 0.3) is 10.9 Å². The number of rotatable bonds is 3. The first-order chi connectivity index (χ1) is 9.83. The fourth-order valence-corrected chi connectivity index (χ4v) is 2.93. The van der Waals surface area contributed by atoms with Crippen LogP contribution in [0, 0.1) is 0 Å². The predicted octanol–water partition coefficient (Wildman–Crippen LogP) is 2.34. The Kier molecular flexibility index (Phi) is 3.91. The van der Waals surface area contributed by atoms with Crippen LogP contribution >= 0.6 is 0 Å². The van der Waals surface area contributed by atoms with Gasteiger partial charge in [-0.15, -0.1) is 0 Å². The molecule has 1 aliphatic rings. The Labute approximate surface area is 118 Å². The minimum absolute atomic E-state index is 0.0209. The first-order valence-corrected chi connectivity index (χ1v) is 6.86. The predicted molar refractivity (Wildman–Crippen MR) is 76.0 cm³/mol. The molecule has 5 nitrogen and oxygen atoms in total. The molecular weight excluding hydrogens is 254 g/mol. The van der Waals surface area contributed by atoms with Gasteiger partial charge in [0.05, 0.1) is 18.3 Å². The zero-order valence-corrected chi connectivity index (χ0v) is 11.8. The van der Waals surface area contributed by atoms with Crippen molar-refractivity contribution in [3.8, 4) is 0 Å². The zero-order valence-electron chi connectivity index (χ0n) is 11.8. The molecule has 1 aromatic carbocycles. The Hall–Kier alpha value is -1.56. The molecule has 3 rings (SSSR count). The number of fused-ring (bicyclic) bond motifs is 1. The molecule has 2 aromatic rings. The van der Waals surface area contributed by atoms with Gasteiger partial charge in [-0.2, -0.15) is 5.06 Å². The van der Waals surface area contributed by atoms with Crippen LogP contribution in [-0.4, -0.2) is 42.0 Å². The van der Waals surface area contributed by atoms with Crippen molar-refractivity contribution in [3.05, 3.63) is 36.3 Å². The molecule has 106 valence electrons. The lowest BCUT2D eigenvalue weighted by Gasteiger charge is -2.36. The molecule has 0 saturated carbocycles. The van der Waals surface area contributed by atoms with E-state index in [4.69, 9.17) is 9.57 Å². The van der Waals surface area contributed by atoms with Crippen molar-refractivity contribution in [1.82, 2.24) is 15.0 Å². The third kappa shape index (κ3) is 2.40. The van der Waals surface area contributed by atoms with Gasteiger partial charge in [0.2, 0.25) is 0 Å². The van der Waals surface area contributed by atoms with Crippen LogP contribution in [0.3, 0.4) is 0 Å². The number of nitrogens with zero attached hydrogens (tertiary/aromatic N) is 3. The summed E-state index contributed by atoms with van der Waals surface area (Å²) in [5.41, 5.74) is 2.12. The Morgan fingerprint density at radius 2 is 2.05 bits per heavy atom. The van der Waals surface area contributed by atoms with Crippen molar-refractivity contribution in [2.24, 2.45) is 0 Å². The molecule has 0 amide bonds. The van der Waals surface area contributed by atoms with E-state index in [-0.39, 0.29) is 6.23 Å². The standard InChI is InChI=1S/C15H19N3O2/c1-19-14-9-11(7-8-18(14)20-2)15-12-5-3-4-6-13(12)16-10-17-15/h3-6,10-11,14H,7-9H2,1-2H3. The second-order valence-corrected chi connectivity index (χ2v) is 5.01. The number of aromatic nitrogens is 2. The van der Waals surface area contributed by atoms with Crippen molar-refractivity contribution in [2.75, 3.05) is 20.8 Å². The lowest BCUT2D eigenvalue weighted by Crippen LogP contribution is -2.42.